The number of benzene rings is 1. The Labute approximate surface area is 111 Å². The molecule has 1 heterocycles. The lowest BCUT2D eigenvalue weighted by molar-refractivity contribution is -0.110. The van der Waals surface area contributed by atoms with Gasteiger partial charge in [-0.3, -0.25) is 4.79 Å². The molecule has 0 saturated carbocycles. The van der Waals surface area contributed by atoms with Crippen LogP contribution in [-0.4, -0.2) is 5.12 Å². The molecule has 1 aliphatic rings. The molecule has 0 saturated heterocycles. The first kappa shape index (κ1) is 18.6. The highest BCUT2D eigenvalue weighted by Gasteiger charge is 2.14. The van der Waals surface area contributed by atoms with Crippen LogP contribution in [0.3, 0.4) is 0 Å². The Hall–Kier alpha value is -0.760. The van der Waals surface area contributed by atoms with Crippen molar-refractivity contribution in [1.82, 2.24) is 0 Å². The van der Waals surface area contributed by atoms with Crippen LogP contribution in [-0.2, 0) is 17.0 Å². The topological polar surface area (TPSA) is 17.1 Å². The van der Waals surface area contributed by atoms with Gasteiger partial charge in [-0.1, -0.05) is 77.6 Å². The third kappa shape index (κ3) is 7.22. The summed E-state index contributed by atoms with van der Waals surface area (Å²) < 4.78 is 0. The van der Waals surface area contributed by atoms with E-state index in [0.717, 1.165) is 5.75 Å². The van der Waals surface area contributed by atoms with Crippen LogP contribution in [0.1, 0.15) is 52.7 Å². The Balaban J connectivity index is 0. The van der Waals surface area contributed by atoms with E-state index in [9.17, 15) is 4.79 Å². The van der Waals surface area contributed by atoms with Gasteiger partial charge in [-0.25, -0.2) is 0 Å². The van der Waals surface area contributed by atoms with Gasteiger partial charge in [-0.2, -0.15) is 0 Å². The first-order chi connectivity index (χ1) is 8.36. The van der Waals surface area contributed by atoms with Crippen LogP contribution in [0, 0.1) is 0 Å². The van der Waals surface area contributed by atoms with Gasteiger partial charge in [0.2, 0.25) is 0 Å². The predicted octanol–water partition coefficient (Wildman–Crippen LogP) is 5.08. The van der Waals surface area contributed by atoms with E-state index in [1.165, 1.54) is 22.9 Å². The second-order valence-corrected chi connectivity index (χ2v) is 3.64. The van der Waals surface area contributed by atoms with Crippen LogP contribution in [0.5, 0.6) is 0 Å². The predicted molar refractivity (Wildman–Crippen MR) is 80.5 cm³/mol. The Kier molecular flexibility index (Phi) is 14.6. The van der Waals surface area contributed by atoms with Crippen LogP contribution in [0.15, 0.2) is 24.3 Å². The molecule has 98 valence electrons. The maximum absolute atomic E-state index is 11.0. The Bertz CT molecular complexity index is 295. The van der Waals surface area contributed by atoms with E-state index in [2.05, 4.69) is 6.07 Å². The van der Waals surface area contributed by atoms with Crippen LogP contribution < -0.4 is 0 Å². The zero-order valence-electron chi connectivity index (χ0n) is 12.0. The van der Waals surface area contributed by atoms with Crippen molar-refractivity contribution in [1.29, 1.82) is 0 Å². The van der Waals surface area contributed by atoms with Gasteiger partial charge in [-0.05, 0) is 11.1 Å². The minimum Gasteiger partial charge on any atom is -0.287 e. The van der Waals surface area contributed by atoms with Crippen LogP contribution >= 0.6 is 11.8 Å². The highest BCUT2D eigenvalue weighted by atomic mass is 32.2. The lowest BCUT2D eigenvalue weighted by atomic mass is 10.1. The molecule has 0 atom stereocenters. The number of hydrogen-bond acceptors (Lipinski definition) is 2. The molecule has 1 aliphatic heterocycles. The standard InChI is InChI=1S/C9H8OS.3C2H6/c10-9-5-7-3-1-2-4-8(7)6-11-9;3*1-2/h1-4H,5-6H2;3*1-2H3. The summed E-state index contributed by atoms with van der Waals surface area (Å²) in [4.78, 5) is 11.0. The van der Waals surface area contributed by atoms with Crippen molar-refractivity contribution in [3.05, 3.63) is 35.4 Å². The SMILES string of the molecule is CC.CC.CC.O=C1Cc2ccccc2CS1. The molecule has 0 unspecified atom stereocenters. The number of carbonyl (C=O) groups excluding carboxylic acids is 1. The summed E-state index contributed by atoms with van der Waals surface area (Å²) in [5.74, 6) is 0.856. The van der Waals surface area contributed by atoms with Gasteiger partial charge in [0.15, 0.2) is 5.12 Å². The molecule has 1 nitrogen and oxygen atoms in total. The van der Waals surface area contributed by atoms with E-state index >= 15 is 0 Å². The van der Waals surface area contributed by atoms with Crippen LogP contribution in [0.2, 0.25) is 0 Å². The summed E-state index contributed by atoms with van der Waals surface area (Å²) in [5, 5.41) is 0.295. The normalized spacial score (nSPS) is 11.5. The Morgan fingerprint density at radius 2 is 1.35 bits per heavy atom. The second-order valence-electron chi connectivity index (χ2n) is 2.61. The fraction of sp³-hybridized carbons (Fsp3) is 0.533. The molecular weight excluding hydrogens is 228 g/mol. The van der Waals surface area contributed by atoms with E-state index in [1.54, 1.807) is 0 Å². The van der Waals surface area contributed by atoms with E-state index in [4.69, 9.17) is 0 Å². The fourth-order valence-electron chi connectivity index (χ4n) is 1.24. The molecule has 2 rings (SSSR count). The molecular formula is C15H26OS. The zero-order chi connectivity index (χ0) is 13.7. The maximum atomic E-state index is 11.0. The first-order valence-electron chi connectivity index (χ1n) is 6.58. The van der Waals surface area contributed by atoms with Crippen LogP contribution in [0.25, 0.3) is 0 Å². The number of thioether (sulfide) groups is 1. The molecule has 0 radical (unpaired) electrons. The van der Waals surface area contributed by atoms with Gasteiger partial charge in [0.1, 0.15) is 0 Å². The lowest BCUT2D eigenvalue weighted by Gasteiger charge is -2.12. The van der Waals surface area contributed by atoms with Crippen molar-refractivity contribution in [3.63, 3.8) is 0 Å². The van der Waals surface area contributed by atoms with E-state index in [-0.39, 0.29) is 0 Å². The van der Waals surface area contributed by atoms with Gasteiger partial charge < -0.3 is 0 Å². The van der Waals surface area contributed by atoms with E-state index in [1.807, 2.05) is 59.7 Å². The number of rotatable bonds is 0. The Morgan fingerprint density at radius 1 is 0.882 bits per heavy atom. The molecule has 0 N–H and O–H groups in total. The minimum absolute atomic E-state index is 0.295. The third-order valence-corrected chi connectivity index (χ3v) is 2.76. The molecule has 0 amide bonds. The zero-order valence-corrected chi connectivity index (χ0v) is 12.9. The van der Waals surface area contributed by atoms with Gasteiger partial charge in [0.25, 0.3) is 0 Å². The highest BCUT2D eigenvalue weighted by Crippen LogP contribution is 2.24. The average molecular weight is 254 g/mol. The van der Waals surface area contributed by atoms with E-state index in [0.29, 0.717) is 11.5 Å². The van der Waals surface area contributed by atoms with Crippen molar-refractivity contribution in [2.45, 2.75) is 53.7 Å². The summed E-state index contributed by atoms with van der Waals surface area (Å²) in [5.41, 5.74) is 2.52. The molecule has 17 heavy (non-hydrogen) atoms. The van der Waals surface area contributed by atoms with Gasteiger partial charge in [0.05, 0.1) is 0 Å². The Morgan fingerprint density at radius 3 is 1.88 bits per heavy atom. The van der Waals surface area contributed by atoms with Crippen LogP contribution in [0.4, 0.5) is 0 Å². The maximum Gasteiger partial charge on any atom is 0.193 e. The monoisotopic (exact) mass is 254 g/mol. The second kappa shape index (κ2) is 13.3. The van der Waals surface area contributed by atoms with Crippen molar-refractivity contribution in [2.75, 3.05) is 0 Å². The quantitative estimate of drug-likeness (QED) is 0.642. The van der Waals surface area contributed by atoms with Crippen molar-refractivity contribution in [3.8, 4) is 0 Å². The highest BCUT2D eigenvalue weighted by molar-refractivity contribution is 8.13. The van der Waals surface area contributed by atoms with E-state index < -0.39 is 0 Å². The molecule has 0 bridgehead atoms. The van der Waals surface area contributed by atoms with Gasteiger partial charge >= 0.3 is 0 Å². The first-order valence-corrected chi connectivity index (χ1v) is 7.57. The molecule has 1 aromatic carbocycles. The summed E-state index contributed by atoms with van der Waals surface area (Å²) in [6.45, 7) is 12.0. The van der Waals surface area contributed by atoms with Crippen molar-refractivity contribution in [2.24, 2.45) is 0 Å². The smallest absolute Gasteiger partial charge is 0.193 e. The molecule has 0 aliphatic carbocycles. The lowest BCUT2D eigenvalue weighted by Crippen LogP contribution is -2.07. The van der Waals surface area contributed by atoms with Crippen molar-refractivity contribution >= 4 is 16.9 Å². The summed E-state index contributed by atoms with van der Waals surface area (Å²) >= 11 is 1.42. The summed E-state index contributed by atoms with van der Waals surface area (Å²) in [7, 11) is 0. The molecule has 1 aromatic rings. The van der Waals surface area contributed by atoms with Gasteiger partial charge in [-0.15, -0.1) is 0 Å². The number of fused-ring (bicyclic) bond motifs is 1. The molecule has 0 fully saturated rings. The fourth-order valence-corrected chi connectivity index (χ4v) is 2.09. The van der Waals surface area contributed by atoms with Gasteiger partial charge in [0, 0.05) is 12.2 Å². The largest absolute Gasteiger partial charge is 0.287 e. The number of hydrogen-bond donors (Lipinski definition) is 0. The minimum atomic E-state index is 0.295. The van der Waals surface area contributed by atoms with Crippen molar-refractivity contribution < 1.29 is 4.79 Å². The molecule has 0 aromatic heterocycles. The average Bonchev–Trinajstić information content (AvgIpc) is 2.45. The number of carbonyl (C=O) groups is 1. The third-order valence-electron chi connectivity index (χ3n) is 1.84. The summed E-state index contributed by atoms with van der Waals surface area (Å²) in [6.07, 6.45) is 0.612. The molecule has 2 heteroatoms. The molecule has 0 spiro atoms. The summed E-state index contributed by atoms with van der Waals surface area (Å²) in [6, 6.07) is 8.14.